The van der Waals surface area contributed by atoms with E-state index in [-0.39, 0.29) is 17.7 Å². The summed E-state index contributed by atoms with van der Waals surface area (Å²) < 4.78 is 1.73. The van der Waals surface area contributed by atoms with Gasteiger partial charge in [0.2, 0.25) is 5.91 Å². The summed E-state index contributed by atoms with van der Waals surface area (Å²) in [6, 6.07) is 5.40. The van der Waals surface area contributed by atoms with Crippen LogP contribution in [0.2, 0.25) is 0 Å². The van der Waals surface area contributed by atoms with E-state index in [0.29, 0.717) is 5.69 Å². The van der Waals surface area contributed by atoms with Crippen molar-refractivity contribution in [3.8, 4) is 0 Å². The summed E-state index contributed by atoms with van der Waals surface area (Å²) in [6.45, 7) is 0. The normalized spacial score (nSPS) is 29.6. The molecule has 0 saturated heterocycles. The van der Waals surface area contributed by atoms with Gasteiger partial charge >= 0.3 is 5.97 Å². The molecule has 2 aliphatic rings. The molecular weight excluding hydrogens is 402 g/mol. The molecule has 2 bridgehead atoms. The molecule has 1 amide bonds. The van der Waals surface area contributed by atoms with Crippen LogP contribution in [-0.2, 0) is 9.59 Å². The van der Waals surface area contributed by atoms with Gasteiger partial charge in [0.05, 0.1) is 11.8 Å². The molecule has 6 heteroatoms. The highest BCUT2D eigenvalue weighted by atomic mass is 79.9. The fourth-order valence-electron chi connectivity index (χ4n) is 3.32. The predicted octanol–water partition coefficient (Wildman–Crippen LogP) is 3.67. The molecule has 4 nitrogen and oxygen atoms in total. The number of fused-ring (bicyclic) bond motifs is 2. The van der Waals surface area contributed by atoms with E-state index in [4.69, 9.17) is 0 Å². The molecular formula is C15H13Br2NO3. The van der Waals surface area contributed by atoms with Crippen LogP contribution in [0.3, 0.4) is 0 Å². The molecule has 0 unspecified atom stereocenters. The van der Waals surface area contributed by atoms with Gasteiger partial charge in [-0.15, -0.1) is 0 Å². The van der Waals surface area contributed by atoms with Crippen molar-refractivity contribution in [2.24, 2.45) is 23.7 Å². The maximum atomic E-state index is 12.5. The molecule has 1 aromatic rings. The number of halogens is 2. The summed E-state index contributed by atoms with van der Waals surface area (Å²) in [4.78, 5) is 23.9. The average Bonchev–Trinajstić information content (AvgIpc) is 3.03. The van der Waals surface area contributed by atoms with Crippen molar-refractivity contribution in [2.75, 3.05) is 5.32 Å². The predicted molar refractivity (Wildman–Crippen MR) is 85.8 cm³/mol. The summed E-state index contributed by atoms with van der Waals surface area (Å²) in [5.41, 5.74) is 0.658. The number of nitrogens with one attached hydrogen (secondary N) is 1. The van der Waals surface area contributed by atoms with Crippen molar-refractivity contribution >= 4 is 49.4 Å². The van der Waals surface area contributed by atoms with Gasteiger partial charge in [-0.05, 0) is 68.3 Å². The van der Waals surface area contributed by atoms with E-state index >= 15 is 0 Å². The third kappa shape index (κ3) is 2.66. The fourth-order valence-corrected chi connectivity index (χ4v) is 3.94. The third-order valence-corrected chi connectivity index (χ3v) is 6.11. The van der Waals surface area contributed by atoms with Gasteiger partial charge < -0.3 is 10.4 Å². The van der Waals surface area contributed by atoms with E-state index < -0.39 is 17.8 Å². The standard InChI is InChI=1S/C15H13Br2NO3/c16-10-4-3-9(6-11(10)17)18-14(19)12-7-1-2-8(5-7)13(12)15(20)21/h1-4,6-8,12-13H,5H2,(H,18,19)(H,20,21)/t7-,8-,12+,13+/m0/s1. The fraction of sp³-hybridized carbons (Fsp3) is 0.333. The first-order chi connectivity index (χ1) is 9.97. The first kappa shape index (κ1) is 14.8. The Morgan fingerprint density at radius 1 is 1.10 bits per heavy atom. The lowest BCUT2D eigenvalue weighted by atomic mass is 9.82. The number of carboxylic acid groups (broad SMARTS) is 1. The van der Waals surface area contributed by atoms with E-state index in [2.05, 4.69) is 37.2 Å². The molecule has 21 heavy (non-hydrogen) atoms. The number of hydrogen-bond donors (Lipinski definition) is 2. The smallest absolute Gasteiger partial charge is 0.307 e. The number of rotatable bonds is 3. The molecule has 1 aromatic carbocycles. The molecule has 0 heterocycles. The molecule has 2 aliphatic carbocycles. The van der Waals surface area contributed by atoms with Gasteiger partial charge in [-0.3, -0.25) is 9.59 Å². The highest BCUT2D eigenvalue weighted by Gasteiger charge is 2.51. The number of carbonyl (C=O) groups excluding carboxylic acids is 1. The minimum Gasteiger partial charge on any atom is -0.481 e. The monoisotopic (exact) mass is 413 g/mol. The summed E-state index contributed by atoms with van der Waals surface area (Å²) >= 11 is 6.75. The first-order valence-corrected chi connectivity index (χ1v) is 8.23. The van der Waals surface area contributed by atoms with Crippen LogP contribution in [0, 0.1) is 23.7 Å². The molecule has 3 rings (SSSR count). The van der Waals surface area contributed by atoms with Crippen LogP contribution in [-0.4, -0.2) is 17.0 Å². The van der Waals surface area contributed by atoms with E-state index in [1.807, 2.05) is 18.2 Å². The Labute approximate surface area is 138 Å². The van der Waals surface area contributed by atoms with Crippen molar-refractivity contribution in [1.82, 2.24) is 0 Å². The maximum Gasteiger partial charge on any atom is 0.307 e. The molecule has 4 atom stereocenters. The molecule has 0 aliphatic heterocycles. The van der Waals surface area contributed by atoms with Crippen LogP contribution in [0.25, 0.3) is 0 Å². The largest absolute Gasteiger partial charge is 0.481 e. The quantitative estimate of drug-likeness (QED) is 0.741. The van der Waals surface area contributed by atoms with E-state index in [9.17, 15) is 14.7 Å². The first-order valence-electron chi connectivity index (χ1n) is 6.64. The SMILES string of the molecule is O=C(O)[C@H]1[C@H](C(=O)Nc2ccc(Br)c(Br)c2)[C@H]2C=C[C@H]1C2. The highest BCUT2D eigenvalue weighted by Crippen LogP contribution is 2.48. The van der Waals surface area contributed by atoms with Gasteiger partial charge in [0.25, 0.3) is 0 Å². The summed E-state index contributed by atoms with van der Waals surface area (Å²) in [7, 11) is 0. The highest BCUT2D eigenvalue weighted by molar-refractivity contribution is 9.13. The van der Waals surface area contributed by atoms with E-state index in [1.54, 1.807) is 12.1 Å². The van der Waals surface area contributed by atoms with E-state index in [0.717, 1.165) is 15.4 Å². The van der Waals surface area contributed by atoms with Gasteiger partial charge in [-0.1, -0.05) is 12.2 Å². The topological polar surface area (TPSA) is 66.4 Å². The van der Waals surface area contributed by atoms with Crippen molar-refractivity contribution in [3.05, 3.63) is 39.3 Å². The Morgan fingerprint density at radius 3 is 2.38 bits per heavy atom. The van der Waals surface area contributed by atoms with Crippen LogP contribution in [0.15, 0.2) is 39.3 Å². The number of carbonyl (C=O) groups is 2. The van der Waals surface area contributed by atoms with Gasteiger partial charge in [-0.25, -0.2) is 0 Å². The van der Waals surface area contributed by atoms with Gasteiger partial charge in [0, 0.05) is 14.6 Å². The Kier molecular flexibility index (Phi) is 3.92. The molecule has 2 N–H and O–H groups in total. The van der Waals surface area contributed by atoms with Crippen molar-refractivity contribution in [2.45, 2.75) is 6.42 Å². The van der Waals surface area contributed by atoms with E-state index in [1.165, 1.54) is 0 Å². The zero-order valence-electron chi connectivity index (χ0n) is 10.9. The zero-order valence-corrected chi connectivity index (χ0v) is 14.1. The number of aliphatic carboxylic acids is 1. The second-order valence-electron chi connectivity index (χ2n) is 5.46. The second-order valence-corrected chi connectivity index (χ2v) is 7.16. The molecule has 0 aromatic heterocycles. The Hall–Kier alpha value is -1.14. The zero-order chi connectivity index (χ0) is 15.1. The van der Waals surface area contributed by atoms with Crippen LogP contribution < -0.4 is 5.32 Å². The van der Waals surface area contributed by atoms with Gasteiger partial charge in [-0.2, -0.15) is 0 Å². The number of hydrogen-bond acceptors (Lipinski definition) is 2. The Morgan fingerprint density at radius 2 is 1.76 bits per heavy atom. The van der Waals surface area contributed by atoms with Crippen molar-refractivity contribution in [1.29, 1.82) is 0 Å². The number of benzene rings is 1. The lowest BCUT2D eigenvalue weighted by Gasteiger charge is -2.23. The summed E-state index contributed by atoms with van der Waals surface area (Å²) in [5.74, 6) is -2.17. The third-order valence-electron chi connectivity index (χ3n) is 4.23. The number of anilines is 1. The molecule has 1 saturated carbocycles. The Balaban J connectivity index is 1.80. The number of amides is 1. The molecule has 1 fully saturated rings. The molecule has 0 spiro atoms. The van der Waals surface area contributed by atoms with Crippen LogP contribution in [0.4, 0.5) is 5.69 Å². The summed E-state index contributed by atoms with van der Waals surface area (Å²) in [6.07, 6.45) is 4.67. The van der Waals surface area contributed by atoms with Crippen LogP contribution in [0.1, 0.15) is 6.42 Å². The maximum absolute atomic E-state index is 12.5. The number of carboxylic acids is 1. The van der Waals surface area contributed by atoms with Crippen LogP contribution in [0.5, 0.6) is 0 Å². The average molecular weight is 415 g/mol. The minimum atomic E-state index is -0.885. The number of allylic oxidation sites excluding steroid dienone is 2. The minimum absolute atomic E-state index is 0.0140. The second kappa shape index (κ2) is 5.57. The van der Waals surface area contributed by atoms with Crippen LogP contribution >= 0.6 is 31.9 Å². The van der Waals surface area contributed by atoms with Gasteiger partial charge in [0.15, 0.2) is 0 Å². The van der Waals surface area contributed by atoms with Gasteiger partial charge in [0.1, 0.15) is 0 Å². The molecule has 0 radical (unpaired) electrons. The van der Waals surface area contributed by atoms with Crippen molar-refractivity contribution in [3.63, 3.8) is 0 Å². The lowest BCUT2D eigenvalue weighted by molar-refractivity contribution is -0.146. The molecule has 110 valence electrons. The van der Waals surface area contributed by atoms with Crippen molar-refractivity contribution < 1.29 is 14.7 Å². The summed E-state index contributed by atoms with van der Waals surface area (Å²) in [5, 5.41) is 12.2. The Bertz CT molecular complexity index is 644. The lowest BCUT2D eigenvalue weighted by Crippen LogP contribution is -2.36.